The zero-order valence-corrected chi connectivity index (χ0v) is 17.9. The van der Waals surface area contributed by atoms with E-state index in [0.29, 0.717) is 22.9 Å². The summed E-state index contributed by atoms with van der Waals surface area (Å²) in [5.41, 5.74) is 0.433. The number of esters is 1. The van der Waals surface area contributed by atoms with E-state index < -0.39 is 24.1 Å². The number of methoxy groups -OCH3 is 1. The molecule has 0 heterocycles. The van der Waals surface area contributed by atoms with E-state index >= 15 is 0 Å². The second-order valence-electron chi connectivity index (χ2n) is 6.85. The zero-order chi connectivity index (χ0) is 22.4. The summed E-state index contributed by atoms with van der Waals surface area (Å²) in [6.45, 7) is 4.30. The Bertz CT molecular complexity index is 702. The lowest BCUT2D eigenvalue weighted by molar-refractivity contribution is -0.134. The molecule has 1 unspecified atom stereocenters. The second kappa shape index (κ2) is 14.0. The molecule has 1 aromatic carbocycles. The lowest BCUT2D eigenvalue weighted by Crippen LogP contribution is -2.44. The maximum absolute atomic E-state index is 12.4. The number of nitrogens with zero attached hydrogens (tertiary/aromatic N) is 1. The highest BCUT2D eigenvalue weighted by Crippen LogP contribution is 2.17. The molecule has 0 aromatic heterocycles. The van der Waals surface area contributed by atoms with Gasteiger partial charge in [0.15, 0.2) is 0 Å². The Morgan fingerprint density at radius 1 is 1.10 bits per heavy atom. The molecule has 0 aliphatic heterocycles. The van der Waals surface area contributed by atoms with Crippen molar-refractivity contribution in [3.8, 4) is 5.75 Å². The maximum atomic E-state index is 12.4. The maximum Gasteiger partial charge on any atom is 0.416 e. The molecule has 3 amide bonds. The Labute approximate surface area is 177 Å². The summed E-state index contributed by atoms with van der Waals surface area (Å²) >= 11 is 0. The van der Waals surface area contributed by atoms with Crippen LogP contribution in [0.1, 0.15) is 52.4 Å². The van der Waals surface area contributed by atoms with Gasteiger partial charge in [0, 0.05) is 11.8 Å². The number of ether oxygens (including phenoxy) is 2. The van der Waals surface area contributed by atoms with Gasteiger partial charge in [-0.15, -0.1) is 0 Å². The van der Waals surface area contributed by atoms with Crippen LogP contribution in [0.25, 0.3) is 0 Å². The van der Waals surface area contributed by atoms with Crippen LogP contribution in [0.15, 0.2) is 36.4 Å². The van der Waals surface area contributed by atoms with Gasteiger partial charge in [-0.1, -0.05) is 45.1 Å². The SMILES string of the molecule is CCCCCCCCOc1ccc(NC(=O)N(C(=O)O)C(C)C=CC(=O)OC)cc1. The number of carboxylic acid groups (broad SMARTS) is 1. The molecule has 30 heavy (non-hydrogen) atoms. The molecule has 0 saturated carbocycles. The fraction of sp³-hybridized carbons (Fsp3) is 0.500. The number of carbonyl (C=O) groups excluding carboxylic acids is 2. The highest BCUT2D eigenvalue weighted by atomic mass is 16.5. The zero-order valence-electron chi connectivity index (χ0n) is 17.9. The molecule has 0 fully saturated rings. The van der Waals surface area contributed by atoms with E-state index in [4.69, 9.17) is 4.74 Å². The molecule has 1 rings (SSSR count). The number of imide groups is 1. The Kier molecular flexibility index (Phi) is 11.7. The van der Waals surface area contributed by atoms with Gasteiger partial charge in [-0.05, 0) is 37.6 Å². The van der Waals surface area contributed by atoms with Gasteiger partial charge < -0.3 is 19.9 Å². The van der Waals surface area contributed by atoms with E-state index in [-0.39, 0.29) is 0 Å². The Balaban J connectivity index is 2.54. The number of urea groups is 1. The van der Waals surface area contributed by atoms with Crippen LogP contribution >= 0.6 is 0 Å². The van der Waals surface area contributed by atoms with Crippen molar-refractivity contribution in [3.63, 3.8) is 0 Å². The lowest BCUT2D eigenvalue weighted by atomic mass is 10.1. The van der Waals surface area contributed by atoms with Gasteiger partial charge in [0.25, 0.3) is 0 Å². The molecule has 1 aromatic rings. The second-order valence-corrected chi connectivity index (χ2v) is 6.85. The van der Waals surface area contributed by atoms with Gasteiger partial charge in [-0.25, -0.2) is 19.3 Å². The number of hydrogen-bond acceptors (Lipinski definition) is 5. The van der Waals surface area contributed by atoms with Crippen LogP contribution < -0.4 is 10.1 Å². The number of rotatable bonds is 12. The third-order valence-electron chi connectivity index (χ3n) is 4.42. The number of nitrogens with one attached hydrogen (secondary N) is 1. The van der Waals surface area contributed by atoms with Gasteiger partial charge in [0.2, 0.25) is 0 Å². The molecule has 2 N–H and O–H groups in total. The third-order valence-corrected chi connectivity index (χ3v) is 4.42. The fourth-order valence-electron chi connectivity index (χ4n) is 2.71. The number of unbranched alkanes of at least 4 members (excludes halogenated alkanes) is 5. The van der Waals surface area contributed by atoms with Crippen molar-refractivity contribution in [3.05, 3.63) is 36.4 Å². The van der Waals surface area contributed by atoms with Crippen LogP contribution in [0.2, 0.25) is 0 Å². The Hall–Kier alpha value is -3.03. The normalized spacial score (nSPS) is 11.7. The summed E-state index contributed by atoms with van der Waals surface area (Å²) in [5.74, 6) is 0.0511. The summed E-state index contributed by atoms with van der Waals surface area (Å²) in [5, 5.41) is 11.9. The molecule has 0 bridgehead atoms. The molecule has 8 nitrogen and oxygen atoms in total. The highest BCUT2D eigenvalue weighted by Gasteiger charge is 2.25. The fourth-order valence-corrected chi connectivity index (χ4v) is 2.71. The van der Waals surface area contributed by atoms with Crippen LogP contribution in [0.3, 0.4) is 0 Å². The van der Waals surface area contributed by atoms with Crippen LogP contribution in [0, 0.1) is 0 Å². The minimum absolute atomic E-state index is 0.433. The van der Waals surface area contributed by atoms with Crippen molar-refractivity contribution < 1.29 is 29.0 Å². The molecule has 0 aliphatic carbocycles. The van der Waals surface area contributed by atoms with E-state index in [1.165, 1.54) is 45.8 Å². The summed E-state index contributed by atoms with van der Waals surface area (Å²) in [4.78, 5) is 35.6. The topological polar surface area (TPSA) is 105 Å². The Morgan fingerprint density at radius 2 is 1.73 bits per heavy atom. The molecule has 0 radical (unpaired) electrons. The first-order valence-corrected chi connectivity index (χ1v) is 10.2. The van der Waals surface area contributed by atoms with Crippen molar-refractivity contribution in [2.75, 3.05) is 19.0 Å². The van der Waals surface area contributed by atoms with Crippen LogP contribution in [-0.2, 0) is 9.53 Å². The highest BCUT2D eigenvalue weighted by molar-refractivity contribution is 5.99. The van der Waals surface area contributed by atoms with Crippen molar-refractivity contribution in [1.82, 2.24) is 4.90 Å². The van der Waals surface area contributed by atoms with E-state index in [2.05, 4.69) is 17.0 Å². The number of carbonyl (C=O) groups is 3. The van der Waals surface area contributed by atoms with Crippen LogP contribution in [0.4, 0.5) is 15.3 Å². The number of amides is 3. The summed E-state index contributed by atoms with van der Waals surface area (Å²) in [6.07, 6.45) is 8.02. The minimum Gasteiger partial charge on any atom is -0.494 e. The molecule has 8 heteroatoms. The van der Waals surface area contributed by atoms with Gasteiger partial charge in [0.05, 0.1) is 19.8 Å². The first-order chi connectivity index (χ1) is 14.4. The van der Waals surface area contributed by atoms with Gasteiger partial charge in [-0.3, -0.25) is 0 Å². The third kappa shape index (κ3) is 9.45. The molecule has 166 valence electrons. The van der Waals surface area contributed by atoms with Crippen molar-refractivity contribution in [1.29, 1.82) is 0 Å². The average molecular weight is 421 g/mol. The van der Waals surface area contributed by atoms with E-state index in [9.17, 15) is 19.5 Å². The van der Waals surface area contributed by atoms with Crippen molar-refractivity contribution >= 4 is 23.8 Å². The predicted octanol–water partition coefficient (Wildman–Crippen LogP) is 5.06. The van der Waals surface area contributed by atoms with Crippen molar-refractivity contribution in [2.24, 2.45) is 0 Å². The molecule has 0 aliphatic rings. The Morgan fingerprint density at radius 3 is 2.33 bits per heavy atom. The molecule has 0 spiro atoms. The number of anilines is 1. The van der Waals surface area contributed by atoms with Crippen molar-refractivity contribution in [2.45, 2.75) is 58.4 Å². The summed E-state index contributed by atoms with van der Waals surface area (Å²) in [7, 11) is 1.21. The standard InChI is InChI=1S/C22H32N2O6/c1-4-5-6-7-8-9-16-30-19-13-11-18(12-14-19)23-21(26)24(22(27)28)17(2)10-15-20(25)29-3/h10-15,17H,4-9,16H2,1-3H3,(H,23,26)(H,27,28). The average Bonchev–Trinajstić information content (AvgIpc) is 2.72. The monoisotopic (exact) mass is 420 g/mol. The largest absolute Gasteiger partial charge is 0.494 e. The van der Waals surface area contributed by atoms with E-state index in [1.54, 1.807) is 24.3 Å². The minimum atomic E-state index is -1.44. The quantitative estimate of drug-likeness (QED) is 0.278. The first kappa shape index (κ1) is 25.0. The number of hydrogen-bond donors (Lipinski definition) is 2. The predicted molar refractivity (Wildman–Crippen MR) is 115 cm³/mol. The van der Waals surface area contributed by atoms with Crippen LogP contribution in [-0.4, -0.2) is 47.9 Å². The van der Waals surface area contributed by atoms with E-state index in [1.807, 2.05) is 0 Å². The molecular formula is C22H32N2O6. The molecule has 0 saturated heterocycles. The molecule has 1 atom stereocenters. The van der Waals surface area contributed by atoms with E-state index in [0.717, 1.165) is 18.9 Å². The lowest BCUT2D eigenvalue weighted by Gasteiger charge is -2.22. The smallest absolute Gasteiger partial charge is 0.416 e. The van der Waals surface area contributed by atoms with Gasteiger partial charge in [0.1, 0.15) is 5.75 Å². The number of benzene rings is 1. The summed E-state index contributed by atoms with van der Waals surface area (Å²) < 4.78 is 10.2. The van der Waals surface area contributed by atoms with Gasteiger partial charge in [-0.2, -0.15) is 0 Å². The first-order valence-electron chi connectivity index (χ1n) is 10.2. The summed E-state index contributed by atoms with van der Waals surface area (Å²) in [6, 6.07) is 5.04. The molecular weight excluding hydrogens is 388 g/mol. The van der Waals surface area contributed by atoms with Crippen LogP contribution in [0.5, 0.6) is 5.75 Å². The van der Waals surface area contributed by atoms with Gasteiger partial charge >= 0.3 is 18.1 Å².